The van der Waals surface area contributed by atoms with E-state index >= 15 is 0 Å². The van der Waals surface area contributed by atoms with Gasteiger partial charge in [-0.1, -0.05) is 30.3 Å². The molecule has 0 radical (unpaired) electrons. The van der Waals surface area contributed by atoms with Crippen LogP contribution < -0.4 is 15.4 Å². The first-order valence-electron chi connectivity index (χ1n) is 12.9. The lowest BCUT2D eigenvalue weighted by Gasteiger charge is -2.16. The van der Waals surface area contributed by atoms with Gasteiger partial charge in [-0.05, 0) is 54.1 Å². The smallest absolute Gasteiger partial charge is 0.420 e. The number of furan rings is 1. The number of alkyl halides is 3. The monoisotopic (exact) mass is 632 g/mol. The van der Waals surface area contributed by atoms with E-state index in [1.807, 2.05) is 12.1 Å². The number of anilines is 2. The van der Waals surface area contributed by atoms with Crippen LogP contribution in [0.5, 0.6) is 5.75 Å². The highest BCUT2D eigenvalue weighted by atomic mass is 35.5. The molecule has 0 bridgehead atoms. The first-order valence-corrected chi connectivity index (χ1v) is 15.0. The summed E-state index contributed by atoms with van der Waals surface area (Å²) in [5, 5.41) is 6.61. The molecule has 226 valence electrons. The van der Waals surface area contributed by atoms with Gasteiger partial charge in [-0.15, -0.1) is 12.4 Å². The number of fused-ring (bicyclic) bond motifs is 1. The molecular formula is C30H28ClF3N4O4S. The highest BCUT2D eigenvalue weighted by molar-refractivity contribution is 7.90. The maximum Gasteiger partial charge on any atom is 0.420 e. The highest BCUT2D eigenvalue weighted by Crippen LogP contribution is 2.39. The van der Waals surface area contributed by atoms with E-state index in [-0.39, 0.29) is 36.2 Å². The van der Waals surface area contributed by atoms with Crippen molar-refractivity contribution in [2.75, 3.05) is 23.9 Å². The summed E-state index contributed by atoms with van der Waals surface area (Å²) in [5.41, 5.74) is 1.33. The first kappa shape index (κ1) is 31.8. The van der Waals surface area contributed by atoms with Crippen molar-refractivity contribution in [2.24, 2.45) is 0 Å². The van der Waals surface area contributed by atoms with Crippen LogP contribution in [0.1, 0.15) is 16.9 Å². The Morgan fingerprint density at radius 3 is 2.49 bits per heavy atom. The standard InChI is InChI=1S/C30H27F3N4O4S.ClH/c1-42(38,39)14-13-34-17-23-9-12-27(41-23)21-7-10-26-24(15-21)29(36-19-35-26)37-22-8-11-28(25(16-22)30(31,32)33)40-18-20-5-3-2-4-6-20;/h2-12,15-16,19,34H,13-14,17-18H2,1H3,(H,35,36,37);1H. The van der Waals surface area contributed by atoms with E-state index in [1.54, 1.807) is 48.5 Å². The minimum Gasteiger partial charge on any atom is -0.488 e. The summed E-state index contributed by atoms with van der Waals surface area (Å²) in [6.45, 7) is 0.653. The first-order chi connectivity index (χ1) is 20.0. The number of benzene rings is 3. The Morgan fingerprint density at radius 2 is 1.74 bits per heavy atom. The Kier molecular flexibility index (Phi) is 9.95. The minimum atomic E-state index is -4.64. The van der Waals surface area contributed by atoms with Gasteiger partial charge < -0.3 is 19.8 Å². The van der Waals surface area contributed by atoms with Crippen LogP contribution in [0.25, 0.3) is 22.2 Å². The Bertz CT molecular complexity index is 1800. The molecule has 43 heavy (non-hydrogen) atoms. The number of hydrogen-bond donors (Lipinski definition) is 2. The number of sulfone groups is 1. The summed E-state index contributed by atoms with van der Waals surface area (Å²) in [5.74, 6) is 1.25. The van der Waals surface area contributed by atoms with Crippen LogP contribution in [0.2, 0.25) is 0 Å². The van der Waals surface area contributed by atoms with E-state index in [0.29, 0.717) is 46.9 Å². The molecular weight excluding hydrogens is 605 g/mol. The van der Waals surface area contributed by atoms with Gasteiger partial charge in [0.05, 0.1) is 23.4 Å². The van der Waals surface area contributed by atoms with Crippen LogP contribution in [0.15, 0.2) is 89.6 Å². The van der Waals surface area contributed by atoms with E-state index in [9.17, 15) is 21.6 Å². The summed E-state index contributed by atoms with van der Waals surface area (Å²) in [6.07, 6.45) is -2.13. The summed E-state index contributed by atoms with van der Waals surface area (Å²) in [4.78, 5) is 8.55. The van der Waals surface area contributed by atoms with E-state index in [2.05, 4.69) is 20.6 Å². The van der Waals surface area contributed by atoms with Crippen molar-refractivity contribution >= 4 is 44.7 Å². The SMILES string of the molecule is CS(=O)(=O)CCNCc1ccc(-c2ccc3ncnc(Nc4ccc(OCc5ccccc5)c(C(F)(F)F)c4)c3c2)o1.Cl. The highest BCUT2D eigenvalue weighted by Gasteiger charge is 2.35. The molecule has 3 aromatic carbocycles. The fourth-order valence-corrected chi connectivity index (χ4v) is 4.75. The molecule has 0 unspecified atom stereocenters. The predicted octanol–water partition coefficient (Wildman–Crippen LogP) is 6.79. The zero-order valence-electron chi connectivity index (χ0n) is 22.9. The molecule has 0 spiro atoms. The lowest BCUT2D eigenvalue weighted by atomic mass is 10.1. The largest absolute Gasteiger partial charge is 0.488 e. The summed E-state index contributed by atoms with van der Waals surface area (Å²) < 4.78 is 75.9. The number of rotatable bonds is 11. The molecule has 5 aromatic rings. The van der Waals surface area contributed by atoms with Gasteiger partial charge in [0.2, 0.25) is 0 Å². The maximum atomic E-state index is 14.0. The molecule has 0 saturated carbocycles. The number of nitrogens with one attached hydrogen (secondary N) is 2. The summed E-state index contributed by atoms with van der Waals surface area (Å²) in [7, 11) is -3.06. The second kappa shape index (κ2) is 13.4. The van der Waals surface area contributed by atoms with Crippen molar-refractivity contribution < 1.29 is 30.7 Å². The molecule has 0 amide bonds. The predicted molar refractivity (Wildman–Crippen MR) is 161 cm³/mol. The fourth-order valence-electron chi connectivity index (χ4n) is 4.23. The lowest BCUT2D eigenvalue weighted by molar-refractivity contribution is -0.139. The second-order valence-corrected chi connectivity index (χ2v) is 11.9. The molecule has 2 N–H and O–H groups in total. The number of halogens is 4. The van der Waals surface area contributed by atoms with Crippen LogP contribution in [0.4, 0.5) is 24.7 Å². The molecule has 0 aliphatic rings. The van der Waals surface area contributed by atoms with E-state index in [4.69, 9.17) is 9.15 Å². The van der Waals surface area contributed by atoms with Crippen molar-refractivity contribution in [3.05, 3.63) is 102 Å². The summed E-state index contributed by atoms with van der Waals surface area (Å²) in [6, 6.07) is 21.7. The van der Waals surface area contributed by atoms with Crippen LogP contribution >= 0.6 is 12.4 Å². The average molecular weight is 633 g/mol. The molecule has 0 aliphatic carbocycles. The fraction of sp³-hybridized carbons (Fsp3) is 0.200. The van der Waals surface area contributed by atoms with Crippen molar-refractivity contribution in [3.63, 3.8) is 0 Å². The van der Waals surface area contributed by atoms with E-state index in [0.717, 1.165) is 11.6 Å². The Hall–Kier alpha value is -4.13. The Balaban J connectivity index is 0.00000423. The van der Waals surface area contributed by atoms with E-state index < -0.39 is 21.6 Å². The molecule has 0 fully saturated rings. The third-order valence-corrected chi connectivity index (χ3v) is 7.26. The van der Waals surface area contributed by atoms with Gasteiger partial charge in [0.15, 0.2) is 0 Å². The van der Waals surface area contributed by atoms with Gasteiger partial charge in [0, 0.05) is 29.4 Å². The molecule has 2 aromatic heterocycles. The van der Waals surface area contributed by atoms with Crippen LogP contribution in [0, 0.1) is 0 Å². The number of ether oxygens (including phenoxy) is 1. The Morgan fingerprint density at radius 1 is 0.953 bits per heavy atom. The van der Waals surface area contributed by atoms with Crippen LogP contribution in [0.3, 0.4) is 0 Å². The normalized spacial score (nSPS) is 11.7. The number of hydrogen-bond acceptors (Lipinski definition) is 8. The molecule has 5 rings (SSSR count). The van der Waals surface area contributed by atoms with E-state index in [1.165, 1.54) is 24.7 Å². The zero-order valence-corrected chi connectivity index (χ0v) is 24.5. The van der Waals surface area contributed by atoms with Crippen LogP contribution in [-0.4, -0.2) is 36.9 Å². The van der Waals surface area contributed by atoms with Gasteiger partial charge in [0.1, 0.15) is 45.9 Å². The van der Waals surface area contributed by atoms with Gasteiger partial charge in [0.25, 0.3) is 0 Å². The Labute approximate surface area is 252 Å². The zero-order chi connectivity index (χ0) is 29.7. The molecule has 13 heteroatoms. The van der Waals surface area contributed by atoms with Gasteiger partial charge in [-0.3, -0.25) is 0 Å². The third-order valence-electron chi connectivity index (χ3n) is 6.32. The number of nitrogens with zero attached hydrogens (tertiary/aromatic N) is 2. The maximum absolute atomic E-state index is 14.0. The van der Waals surface area contributed by atoms with Gasteiger partial charge in [-0.25, -0.2) is 18.4 Å². The molecule has 0 aliphatic heterocycles. The number of aromatic nitrogens is 2. The van der Waals surface area contributed by atoms with Crippen molar-refractivity contribution in [3.8, 4) is 17.1 Å². The molecule has 0 saturated heterocycles. The molecule has 8 nitrogen and oxygen atoms in total. The third kappa shape index (κ3) is 8.46. The minimum absolute atomic E-state index is 0. The lowest BCUT2D eigenvalue weighted by Crippen LogP contribution is -2.21. The average Bonchev–Trinajstić information content (AvgIpc) is 3.43. The quantitative estimate of drug-likeness (QED) is 0.153. The topological polar surface area (TPSA) is 106 Å². The molecule has 0 atom stereocenters. The second-order valence-electron chi connectivity index (χ2n) is 9.63. The summed E-state index contributed by atoms with van der Waals surface area (Å²) >= 11 is 0. The van der Waals surface area contributed by atoms with Gasteiger partial charge in [-0.2, -0.15) is 13.2 Å². The van der Waals surface area contributed by atoms with Crippen molar-refractivity contribution in [1.29, 1.82) is 0 Å². The van der Waals surface area contributed by atoms with Gasteiger partial charge >= 0.3 is 6.18 Å². The van der Waals surface area contributed by atoms with Crippen LogP contribution in [-0.2, 0) is 29.2 Å². The molecule has 2 heterocycles. The van der Waals surface area contributed by atoms with Crippen molar-refractivity contribution in [2.45, 2.75) is 19.3 Å². The van der Waals surface area contributed by atoms with Crippen molar-refractivity contribution in [1.82, 2.24) is 15.3 Å².